The van der Waals surface area contributed by atoms with Crippen LogP contribution < -0.4 is 18.9 Å². The number of carbonyl (C=O) groups is 1. The van der Waals surface area contributed by atoms with Crippen molar-refractivity contribution in [2.24, 2.45) is 10.1 Å². The smallest absolute Gasteiger partial charge is 0.283 e. The van der Waals surface area contributed by atoms with Gasteiger partial charge >= 0.3 is 0 Å². The number of aliphatic imine (C=N–C) groups is 1. The van der Waals surface area contributed by atoms with Crippen LogP contribution in [0.5, 0.6) is 23.0 Å². The van der Waals surface area contributed by atoms with Crippen molar-refractivity contribution >= 4 is 51.4 Å². The molecule has 2 aliphatic heterocycles. The monoisotopic (exact) mass is 632 g/mol. The molecule has 0 spiro atoms. The third-order valence-electron chi connectivity index (χ3n) is 6.76. The molecule has 0 aliphatic carbocycles. The van der Waals surface area contributed by atoms with Crippen LogP contribution in [0.3, 0.4) is 0 Å². The van der Waals surface area contributed by atoms with Crippen LogP contribution >= 0.6 is 23.4 Å². The molecular weight excluding hydrogens is 600 g/mol. The topological polar surface area (TPSA) is 106 Å². The normalized spacial score (nSPS) is 15.2. The van der Waals surface area contributed by atoms with E-state index in [1.807, 2.05) is 42.5 Å². The average Bonchev–Trinajstić information content (AvgIpc) is 3.46. The van der Waals surface area contributed by atoms with Gasteiger partial charge in [0, 0.05) is 5.56 Å². The van der Waals surface area contributed by atoms with Crippen molar-refractivity contribution in [2.75, 3.05) is 26.9 Å². The number of hydrogen-bond acceptors (Lipinski definition) is 8. The molecule has 1 amide bonds. The summed E-state index contributed by atoms with van der Waals surface area (Å²) in [6.07, 6.45) is 6.27. The molecule has 0 saturated carbocycles. The van der Waals surface area contributed by atoms with Crippen molar-refractivity contribution in [1.82, 2.24) is 5.01 Å². The molecule has 228 valence electrons. The first-order chi connectivity index (χ1) is 21.5. The van der Waals surface area contributed by atoms with E-state index in [0.29, 0.717) is 51.1 Å². The molecule has 3 aromatic rings. The second-order valence-corrected chi connectivity index (χ2v) is 11.3. The lowest BCUT2D eigenvalue weighted by atomic mass is 10.1. The Kier molecular flexibility index (Phi) is 10.6. The SMILES string of the molecule is CCCCCCOc1ccc(OCCOc2ccc(/C=C3/C(=N)N4N=C(c5ccccc5Cl)SC4=NC3=O)cc2OC)cc1. The number of ether oxygens (including phenoxy) is 4. The number of hydrogen-bond donors (Lipinski definition) is 1. The quantitative estimate of drug-likeness (QED) is 0.145. The Bertz CT molecular complexity index is 1610. The van der Waals surface area contributed by atoms with Gasteiger partial charge in [-0.15, -0.1) is 0 Å². The van der Waals surface area contributed by atoms with Gasteiger partial charge in [-0.2, -0.15) is 15.1 Å². The summed E-state index contributed by atoms with van der Waals surface area (Å²) in [5.74, 6) is 1.97. The van der Waals surface area contributed by atoms with E-state index in [2.05, 4.69) is 17.0 Å². The lowest BCUT2D eigenvalue weighted by Crippen LogP contribution is -2.35. The van der Waals surface area contributed by atoms with E-state index in [1.165, 1.54) is 36.0 Å². The van der Waals surface area contributed by atoms with Crippen molar-refractivity contribution in [1.29, 1.82) is 5.41 Å². The van der Waals surface area contributed by atoms with Crippen LogP contribution in [0.2, 0.25) is 5.02 Å². The largest absolute Gasteiger partial charge is 0.494 e. The number of unbranched alkanes of at least 4 members (excludes halogenated alkanes) is 3. The number of amides is 1. The third kappa shape index (κ3) is 7.62. The number of fused-ring (bicyclic) bond motifs is 1. The Morgan fingerprint density at radius 2 is 1.64 bits per heavy atom. The minimum absolute atomic E-state index is 0.0717. The Balaban J connectivity index is 1.17. The van der Waals surface area contributed by atoms with Gasteiger partial charge in [-0.05, 0) is 72.3 Å². The molecule has 0 bridgehead atoms. The number of thioether (sulfide) groups is 1. The highest BCUT2D eigenvalue weighted by molar-refractivity contribution is 8.27. The molecule has 0 unspecified atom stereocenters. The summed E-state index contributed by atoms with van der Waals surface area (Å²) < 4.78 is 23.0. The molecule has 2 aliphatic rings. The number of amidine groups is 2. The van der Waals surface area contributed by atoms with Crippen LogP contribution in [-0.4, -0.2) is 53.9 Å². The first kappa shape index (κ1) is 31.2. The maximum Gasteiger partial charge on any atom is 0.283 e. The average molecular weight is 633 g/mol. The fraction of sp³-hybridized carbons (Fsp3) is 0.273. The van der Waals surface area contributed by atoms with Crippen molar-refractivity contribution in [3.63, 3.8) is 0 Å². The number of carbonyl (C=O) groups excluding carboxylic acids is 1. The molecule has 44 heavy (non-hydrogen) atoms. The maximum absolute atomic E-state index is 12.9. The van der Waals surface area contributed by atoms with E-state index in [9.17, 15) is 4.79 Å². The fourth-order valence-corrected chi connectivity index (χ4v) is 5.67. The number of benzene rings is 3. The molecule has 11 heteroatoms. The number of nitrogens with one attached hydrogen (secondary N) is 1. The first-order valence-electron chi connectivity index (χ1n) is 14.4. The highest BCUT2D eigenvalue weighted by Crippen LogP contribution is 2.34. The van der Waals surface area contributed by atoms with Gasteiger partial charge in [0.05, 0.1) is 24.3 Å². The summed E-state index contributed by atoms with van der Waals surface area (Å²) in [5, 5.41) is 15.9. The fourth-order valence-electron chi connectivity index (χ4n) is 4.46. The van der Waals surface area contributed by atoms with Gasteiger partial charge in [0.15, 0.2) is 17.3 Å². The van der Waals surface area contributed by atoms with Crippen molar-refractivity contribution in [3.8, 4) is 23.0 Å². The number of nitrogens with zero attached hydrogens (tertiary/aromatic N) is 3. The first-order valence-corrected chi connectivity index (χ1v) is 15.6. The van der Waals surface area contributed by atoms with E-state index in [0.717, 1.165) is 24.5 Å². The highest BCUT2D eigenvalue weighted by Gasteiger charge is 2.36. The molecule has 0 saturated heterocycles. The minimum Gasteiger partial charge on any atom is -0.494 e. The van der Waals surface area contributed by atoms with Crippen LogP contribution in [0.25, 0.3) is 6.08 Å². The van der Waals surface area contributed by atoms with E-state index in [4.69, 9.17) is 36.0 Å². The predicted molar refractivity (Wildman–Crippen MR) is 176 cm³/mol. The van der Waals surface area contributed by atoms with E-state index in [1.54, 1.807) is 37.5 Å². The summed E-state index contributed by atoms with van der Waals surface area (Å²) >= 11 is 7.52. The summed E-state index contributed by atoms with van der Waals surface area (Å²) in [6, 6.07) is 20.1. The number of methoxy groups -OCH3 is 1. The second-order valence-electron chi connectivity index (χ2n) is 9.89. The van der Waals surface area contributed by atoms with Gasteiger partial charge in [-0.25, -0.2) is 0 Å². The third-order valence-corrected chi connectivity index (χ3v) is 8.03. The summed E-state index contributed by atoms with van der Waals surface area (Å²) in [7, 11) is 1.54. The zero-order valence-corrected chi connectivity index (χ0v) is 26.1. The summed E-state index contributed by atoms with van der Waals surface area (Å²) in [5.41, 5.74) is 1.46. The standard InChI is InChI=1S/C33H33ClN4O5S/c1-3-4-5-8-17-41-23-12-14-24(15-13-23)42-18-19-43-28-16-11-22(21-29(28)40-2)20-26-30(35)38-33(36-31(26)39)44-32(37-38)25-9-6-7-10-27(25)34/h6-7,9-16,20-21,35H,3-5,8,17-19H2,1-2H3/b26-20-,35-30?. The van der Waals surface area contributed by atoms with Gasteiger partial charge in [-0.3, -0.25) is 10.2 Å². The molecule has 9 nitrogen and oxygen atoms in total. The molecule has 0 atom stereocenters. The van der Waals surface area contributed by atoms with Gasteiger partial charge in [-0.1, -0.05) is 62.1 Å². The van der Waals surface area contributed by atoms with Crippen LogP contribution in [0.4, 0.5) is 0 Å². The Labute approximate surface area is 266 Å². The molecular formula is C33H33ClN4O5S. The van der Waals surface area contributed by atoms with Crippen LogP contribution in [-0.2, 0) is 4.79 Å². The zero-order valence-electron chi connectivity index (χ0n) is 24.5. The van der Waals surface area contributed by atoms with Gasteiger partial charge < -0.3 is 18.9 Å². The Hall–Kier alpha value is -4.28. The molecule has 3 aromatic carbocycles. The van der Waals surface area contributed by atoms with Crippen LogP contribution in [0.15, 0.2) is 82.4 Å². The molecule has 5 rings (SSSR count). The maximum atomic E-state index is 12.9. The highest BCUT2D eigenvalue weighted by atomic mass is 35.5. The summed E-state index contributed by atoms with van der Waals surface area (Å²) in [6.45, 7) is 3.55. The second kappa shape index (κ2) is 14.9. The number of halogens is 1. The number of hydrazone groups is 1. The Morgan fingerprint density at radius 3 is 2.36 bits per heavy atom. The predicted octanol–water partition coefficient (Wildman–Crippen LogP) is 7.43. The number of rotatable bonds is 14. The van der Waals surface area contributed by atoms with E-state index >= 15 is 0 Å². The van der Waals surface area contributed by atoms with Crippen molar-refractivity contribution < 1.29 is 23.7 Å². The summed E-state index contributed by atoms with van der Waals surface area (Å²) in [4.78, 5) is 17.0. The Morgan fingerprint density at radius 1 is 0.909 bits per heavy atom. The minimum atomic E-state index is -0.521. The molecule has 1 N–H and O–H groups in total. The molecule has 0 aromatic heterocycles. The van der Waals surface area contributed by atoms with Gasteiger partial charge in [0.1, 0.15) is 29.8 Å². The van der Waals surface area contributed by atoms with Gasteiger partial charge in [0.25, 0.3) is 5.91 Å². The lowest BCUT2D eigenvalue weighted by molar-refractivity contribution is -0.114. The molecule has 0 radical (unpaired) electrons. The van der Waals surface area contributed by atoms with E-state index in [-0.39, 0.29) is 11.4 Å². The zero-order chi connectivity index (χ0) is 30.9. The molecule has 2 heterocycles. The molecule has 0 fully saturated rings. The van der Waals surface area contributed by atoms with Crippen LogP contribution in [0, 0.1) is 5.41 Å². The van der Waals surface area contributed by atoms with Crippen molar-refractivity contribution in [3.05, 3.63) is 88.5 Å². The van der Waals surface area contributed by atoms with Crippen LogP contribution in [0.1, 0.15) is 43.7 Å². The lowest BCUT2D eigenvalue weighted by Gasteiger charge is -2.20. The van der Waals surface area contributed by atoms with Crippen molar-refractivity contribution in [2.45, 2.75) is 32.6 Å². The van der Waals surface area contributed by atoms with Gasteiger partial charge in [0.2, 0.25) is 5.17 Å². The van der Waals surface area contributed by atoms with E-state index < -0.39 is 5.91 Å².